The van der Waals surface area contributed by atoms with Crippen molar-refractivity contribution in [3.8, 4) is 0 Å². The number of primary amides is 1. The average molecular weight is 293 g/mol. The molecule has 0 aliphatic carbocycles. The Balaban J connectivity index is 1.97. The summed E-state index contributed by atoms with van der Waals surface area (Å²) >= 11 is 0. The van der Waals surface area contributed by atoms with Crippen molar-refractivity contribution >= 4 is 17.5 Å². The van der Waals surface area contributed by atoms with E-state index in [1.807, 2.05) is 0 Å². The first kappa shape index (κ1) is 15.4. The van der Waals surface area contributed by atoms with Crippen LogP contribution in [0.3, 0.4) is 0 Å². The molecule has 1 atom stereocenters. The summed E-state index contributed by atoms with van der Waals surface area (Å²) in [6.07, 6.45) is 2.56. The van der Waals surface area contributed by atoms with Gasteiger partial charge in [0.25, 0.3) is 0 Å². The van der Waals surface area contributed by atoms with Gasteiger partial charge in [-0.15, -0.1) is 0 Å². The molecule has 2 amide bonds. The monoisotopic (exact) mass is 293 g/mol. The molecule has 21 heavy (non-hydrogen) atoms. The second-order valence-corrected chi connectivity index (χ2v) is 5.40. The highest BCUT2D eigenvalue weighted by molar-refractivity contribution is 5.92. The molecule has 1 aliphatic rings. The van der Waals surface area contributed by atoms with E-state index >= 15 is 0 Å². The lowest BCUT2D eigenvalue weighted by Crippen LogP contribution is -2.50. The first-order chi connectivity index (χ1) is 9.97. The quantitative estimate of drug-likeness (QED) is 0.881. The molecule has 1 heterocycles. The van der Waals surface area contributed by atoms with Gasteiger partial charge in [-0.05, 0) is 44.0 Å². The molecular weight excluding hydrogens is 273 g/mol. The second-order valence-electron chi connectivity index (χ2n) is 5.40. The van der Waals surface area contributed by atoms with Crippen LogP contribution in [0.1, 0.15) is 24.8 Å². The van der Waals surface area contributed by atoms with E-state index in [1.165, 1.54) is 6.07 Å². The third kappa shape index (κ3) is 4.01. The molecule has 0 spiro atoms. The lowest BCUT2D eigenvalue weighted by Gasteiger charge is -2.32. The molecular formula is C15H20FN3O2. The van der Waals surface area contributed by atoms with Gasteiger partial charge in [-0.3, -0.25) is 14.5 Å². The molecule has 1 aromatic rings. The number of nitrogens with one attached hydrogen (secondary N) is 1. The highest BCUT2D eigenvalue weighted by Crippen LogP contribution is 2.17. The lowest BCUT2D eigenvalue weighted by atomic mass is 10.0. The van der Waals surface area contributed by atoms with E-state index < -0.39 is 5.91 Å². The Morgan fingerprint density at radius 2 is 2.19 bits per heavy atom. The van der Waals surface area contributed by atoms with Gasteiger partial charge in [0.1, 0.15) is 5.82 Å². The number of hydrogen-bond donors (Lipinski definition) is 2. The molecule has 0 aromatic heterocycles. The minimum atomic E-state index is -0.399. The fourth-order valence-electron chi connectivity index (χ4n) is 2.56. The average Bonchev–Trinajstić information content (AvgIpc) is 2.43. The molecule has 0 radical (unpaired) electrons. The Hall–Kier alpha value is -1.95. The Morgan fingerprint density at radius 1 is 1.43 bits per heavy atom. The minimum absolute atomic E-state index is 0.0864. The first-order valence-corrected chi connectivity index (χ1v) is 7.07. The molecule has 114 valence electrons. The van der Waals surface area contributed by atoms with E-state index in [0.29, 0.717) is 24.2 Å². The predicted octanol–water partition coefficient (Wildman–Crippen LogP) is 1.41. The molecule has 3 N–H and O–H groups in total. The van der Waals surface area contributed by atoms with E-state index in [0.717, 1.165) is 12.8 Å². The number of carbonyl (C=O) groups is 2. The summed E-state index contributed by atoms with van der Waals surface area (Å²) < 4.78 is 13.4. The van der Waals surface area contributed by atoms with Gasteiger partial charge in [-0.2, -0.15) is 0 Å². The third-order valence-corrected chi connectivity index (χ3v) is 3.74. The summed E-state index contributed by atoms with van der Waals surface area (Å²) in [5.74, 6) is -1.03. The maximum absolute atomic E-state index is 13.4. The fourth-order valence-corrected chi connectivity index (χ4v) is 2.56. The summed E-state index contributed by atoms with van der Waals surface area (Å²) in [5.41, 5.74) is 6.30. The molecule has 0 bridgehead atoms. The number of amides is 2. The zero-order valence-corrected chi connectivity index (χ0v) is 12.1. The van der Waals surface area contributed by atoms with Gasteiger partial charge in [0, 0.05) is 5.69 Å². The number of halogens is 1. The molecule has 1 fully saturated rings. The molecule has 2 rings (SSSR count). The number of rotatable bonds is 4. The Kier molecular flexibility index (Phi) is 4.90. The highest BCUT2D eigenvalue weighted by Gasteiger charge is 2.28. The van der Waals surface area contributed by atoms with Crippen molar-refractivity contribution in [1.82, 2.24) is 4.90 Å². The largest absolute Gasteiger partial charge is 0.368 e. The van der Waals surface area contributed by atoms with Crippen molar-refractivity contribution in [2.24, 2.45) is 5.73 Å². The summed E-state index contributed by atoms with van der Waals surface area (Å²) in [6, 6.07) is 4.16. The molecule has 5 nitrogen and oxygen atoms in total. The van der Waals surface area contributed by atoms with Crippen LogP contribution in [0, 0.1) is 12.7 Å². The summed E-state index contributed by atoms with van der Waals surface area (Å²) in [4.78, 5) is 25.2. The number of nitrogens with zero attached hydrogens (tertiary/aromatic N) is 1. The Morgan fingerprint density at radius 3 is 2.86 bits per heavy atom. The van der Waals surface area contributed by atoms with Gasteiger partial charge >= 0.3 is 0 Å². The van der Waals surface area contributed by atoms with Gasteiger partial charge in [0.05, 0.1) is 12.6 Å². The number of aryl methyl sites for hydroxylation is 1. The molecule has 1 unspecified atom stereocenters. The smallest absolute Gasteiger partial charge is 0.238 e. The van der Waals surface area contributed by atoms with Crippen LogP contribution >= 0.6 is 0 Å². The van der Waals surface area contributed by atoms with Crippen molar-refractivity contribution in [2.75, 3.05) is 18.4 Å². The number of anilines is 1. The van der Waals surface area contributed by atoms with Crippen LogP contribution < -0.4 is 11.1 Å². The van der Waals surface area contributed by atoms with E-state index in [9.17, 15) is 14.0 Å². The zero-order chi connectivity index (χ0) is 15.4. The molecule has 6 heteroatoms. The van der Waals surface area contributed by atoms with Crippen LogP contribution in [0.2, 0.25) is 0 Å². The van der Waals surface area contributed by atoms with Crippen molar-refractivity contribution < 1.29 is 14.0 Å². The first-order valence-electron chi connectivity index (χ1n) is 7.07. The van der Waals surface area contributed by atoms with Gasteiger partial charge < -0.3 is 11.1 Å². The fraction of sp³-hybridized carbons (Fsp3) is 0.467. The van der Waals surface area contributed by atoms with Crippen LogP contribution in [-0.2, 0) is 9.59 Å². The van der Waals surface area contributed by atoms with Crippen molar-refractivity contribution in [3.05, 3.63) is 29.6 Å². The lowest BCUT2D eigenvalue weighted by molar-refractivity contribution is -0.126. The minimum Gasteiger partial charge on any atom is -0.368 e. The molecule has 1 aromatic carbocycles. The van der Waals surface area contributed by atoms with E-state index in [2.05, 4.69) is 5.32 Å². The second kappa shape index (κ2) is 6.67. The zero-order valence-electron chi connectivity index (χ0n) is 12.1. The van der Waals surface area contributed by atoms with Gasteiger partial charge in [0.2, 0.25) is 11.8 Å². The van der Waals surface area contributed by atoms with Crippen molar-refractivity contribution in [2.45, 2.75) is 32.2 Å². The predicted molar refractivity (Wildman–Crippen MR) is 78.2 cm³/mol. The molecule has 1 aliphatic heterocycles. The van der Waals surface area contributed by atoms with E-state index in [-0.39, 0.29) is 24.3 Å². The maximum atomic E-state index is 13.4. The maximum Gasteiger partial charge on any atom is 0.238 e. The summed E-state index contributed by atoms with van der Waals surface area (Å²) in [6.45, 7) is 2.42. The van der Waals surface area contributed by atoms with Crippen LogP contribution in [0.15, 0.2) is 18.2 Å². The third-order valence-electron chi connectivity index (χ3n) is 3.74. The normalized spacial score (nSPS) is 19.2. The highest BCUT2D eigenvalue weighted by atomic mass is 19.1. The molecule has 1 saturated heterocycles. The van der Waals surface area contributed by atoms with Gasteiger partial charge in [0.15, 0.2) is 0 Å². The molecule has 0 saturated carbocycles. The SMILES string of the molecule is Cc1ccc(NC(=O)CN2CCCCC2C(N)=O)cc1F. The van der Waals surface area contributed by atoms with Crippen LogP contribution in [0.5, 0.6) is 0 Å². The van der Waals surface area contributed by atoms with Crippen LogP contribution in [0.25, 0.3) is 0 Å². The number of hydrogen-bond acceptors (Lipinski definition) is 3. The standard InChI is InChI=1S/C15H20FN3O2/c1-10-5-6-11(8-12(10)16)18-14(20)9-19-7-3-2-4-13(19)15(17)21/h5-6,8,13H,2-4,7,9H2,1H3,(H2,17,21)(H,18,20). The topological polar surface area (TPSA) is 75.4 Å². The number of benzene rings is 1. The van der Waals surface area contributed by atoms with Crippen molar-refractivity contribution in [3.63, 3.8) is 0 Å². The van der Waals surface area contributed by atoms with Crippen LogP contribution in [-0.4, -0.2) is 35.8 Å². The number of carbonyl (C=O) groups excluding carboxylic acids is 2. The van der Waals surface area contributed by atoms with Gasteiger partial charge in [-0.1, -0.05) is 12.5 Å². The Labute approximate surface area is 123 Å². The van der Waals surface area contributed by atoms with E-state index in [4.69, 9.17) is 5.73 Å². The number of likely N-dealkylation sites (tertiary alicyclic amines) is 1. The van der Waals surface area contributed by atoms with Crippen LogP contribution in [0.4, 0.5) is 10.1 Å². The number of piperidine rings is 1. The van der Waals surface area contributed by atoms with E-state index in [1.54, 1.807) is 24.0 Å². The Bertz CT molecular complexity index is 548. The van der Waals surface area contributed by atoms with Gasteiger partial charge in [-0.25, -0.2) is 4.39 Å². The van der Waals surface area contributed by atoms with Crippen molar-refractivity contribution in [1.29, 1.82) is 0 Å². The summed E-state index contributed by atoms with van der Waals surface area (Å²) in [7, 11) is 0. The number of nitrogens with two attached hydrogens (primary N) is 1. The summed E-state index contributed by atoms with van der Waals surface area (Å²) in [5, 5.41) is 2.64.